The molecule has 2 amide bonds. The molecule has 154 valence electrons. The Balaban J connectivity index is 1.18. The van der Waals surface area contributed by atoms with E-state index in [0.717, 1.165) is 34.9 Å². The van der Waals surface area contributed by atoms with Gasteiger partial charge >= 0.3 is 0 Å². The molecule has 0 bridgehead atoms. The molecule has 0 unspecified atom stereocenters. The minimum absolute atomic E-state index is 0.0125. The fraction of sp³-hybridized carbons (Fsp3) is 0.318. The van der Waals surface area contributed by atoms with E-state index in [1.165, 1.54) is 28.2 Å². The summed E-state index contributed by atoms with van der Waals surface area (Å²) in [6.07, 6.45) is 2.27. The SMILES string of the molecule is O=C(Nc1nc(-c2ccc3c(c2)CCO3)cs1)C1CCN(C(=O)c2cccs2)CC1. The second-order valence-electron chi connectivity index (χ2n) is 7.49. The summed E-state index contributed by atoms with van der Waals surface area (Å²) >= 11 is 2.89. The van der Waals surface area contributed by atoms with Gasteiger partial charge < -0.3 is 15.0 Å². The van der Waals surface area contributed by atoms with Gasteiger partial charge in [0.1, 0.15) is 5.75 Å². The lowest BCUT2D eigenvalue weighted by molar-refractivity contribution is -0.121. The van der Waals surface area contributed by atoms with Crippen LogP contribution in [0.2, 0.25) is 0 Å². The Kier molecular flexibility index (Phi) is 5.26. The van der Waals surface area contributed by atoms with E-state index in [2.05, 4.69) is 16.4 Å². The summed E-state index contributed by atoms with van der Waals surface area (Å²) in [5.41, 5.74) is 3.10. The fourth-order valence-corrected chi connectivity index (χ4v) is 5.33. The number of aromatic nitrogens is 1. The number of nitrogens with one attached hydrogen (secondary N) is 1. The Labute approximate surface area is 182 Å². The number of anilines is 1. The molecule has 2 aliphatic rings. The van der Waals surface area contributed by atoms with Crippen molar-refractivity contribution in [1.29, 1.82) is 0 Å². The van der Waals surface area contributed by atoms with E-state index >= 15 is 0 Å². The molecule has 0 aliphatic carbocycles. The Morgan fingerprint density at radius 2 is 2.03 bits per heavy atom. The smallest absolute Gasteiger partial charge is 0.263 e. The fourth-order valence-electron chi connectivity index (χ4n) is 3.92. The summed E-state index contributed by atoms with van der Waals surface area (Å²) in [6.45, 7) is 1.94. The minimum atomic E-state index is -0.0955. The van der Waals surface area contributed by atoms with Crippen molar-refractivity contribution >= 4 is 39.6 Å². The molecular formula is C22H21N3O3S2. The van der Waals surface area contributed by atoms with Crippen molar-refractivity contribution in [3.8, 4) is 17.0 Å². The van der Waals surface area contributed by atoms with Gasteiger partial charge in [-0.25, -0.2) is 4.98 Å². The molecule has 1 fully saturated rings. The van der Waals surface area contributed by atoms with Crippen LogP contribution >= 0.6 is 22.7 Å². The summed E-state index contributed by atoms with van der Waals surface area (Å²) in [6, 6.07) is 9.84. The molecule has 0 spiro atoms. The molecule has 0 radical (unpaired) electrons. The number of thiophene rings is 1. The molecule has 2 aromatic heterocycles. The van der Waals surface area contributed by atoms with Crippen molar-refractivity contribution < 1.29 is 14.3 Å². The molecule has 6 nitrogen and oxygen atoms in total. The van der Waals surface area contributed by atoms with Gasteiger partial charge in [0, 0.05) is 36.4 Å². The molecular weight excluding hydrogens is 418 g/mol. The van der Waals surface area contributed by atoms with Crippen molar-refractivity contribution in [1.82, 2.24) is 9.88 Å². The Morgan fingerprint density at radius 1 is 1.17 bits per heavy atom. The topological polar surface area (TPSA) is 71.5 Å². The highest BCUT2D eigenvalue weighted by molar-refractivity contribution is 7.14. The number of ether oxygens (including phenoxy) is 1. The van der Waals surface area contributed by atoms with Gasteiger partial charge in [-0.15, -0.1) is 22.7 Å². The standard InChI is InChI=1S/C22H21N3O3S2/c26-20(14-5-8-25(9-6-14)21(27)19-2-1-11-29-19)24-22-23-17(13-30-22)15-3-4-18-16(12-15)7-10-28-18/h1-4,11-14H,5-10H2,(H,23,24,26). The van der Waals surface area contributed by atoms with Crippen LogP contribution in [0.25, 0.3) is 11.3 Å². The number of carbonyl (C=O) groups excluding carboxylic acids is 2. The van der Waals surface area contributed by atoms with E-state index in [1.54, 1.807) is 0 Å². The Morgan fingerprint density at radius 3 is 2.83 bits per heavy atom. The molecule has 1 saturated heterocycles. The van der Waals surface area contributed by atoms with Crippen molar-refractivity contribution in [2.24, 2.45) is 5.92 Å². The highest BCUT2D eigenvalue weighted by Crippen LogP contribution is 2.32. The number of hydrogen-bond acceptors (Lipinski definition) is 6. The first kappa shape index (κ1) is 19.3. The van der Waals surface area contributed by atoms with E-state index in [-0.39, 0.29) is 17.7 Å². The maximum Gasteiger partial charge on any atom is 0.263 e. The van der Waals surface area contributed by atoms with Crippen LogP contribution in [0.4, 0.5) is 5.13 Å². The van der Waals surface area contributed by atoms with E-state index in [4.69, 9.17) is 4.74 Å². The lowest BCUT2D eigenvalue weighted by atomic mass is 9.96. The average molecular weight is 440 g/mol. The largest absolute Gasteiger partial charge is 0.493 e. The van der Waals surface area contributed by atoms with Crippen molar-refractivity contribution in [3.05, 3.63) is 51.5 Å². The zero-order valence-corrected chi connectivity index (χ0v) is 17.9. The van der Waals surface area contributed by atoms with Crippen molar-refractivity contribution in [3.63, 3.8) is 0 Å². The summed E-state index contributed by atoms with van der Waals surface area (Å²) in [5.74, 6) is 0.905. The number of fused-ring (bicyclic) bond motifs is 1. The minimum Gasteiger partial charge on any atom is -0.493 e. The number of hydrogen-bond donors (Lipinski definition) is 1. The molecule has 4 heterocycles. The highest BCUT2D eigenvalue weighted by atomic mass is 32.1. The second kappa shape index (κ2) is 8.20. The summed E-state index contributed by atoms with van der Waals surface area (Å²) in [4.78, 5) is 32.4. The zero-order chi connectivity index (χ0) is 20.5. The molecule has 5 rings (SSSR count). The lowest BCUT2D eigenvalue weighted by Crippen LogP contribution is -2.41. The highest BCUT2D eigenvalue weighted by Gasteiger charge is 2.28. The number of amides is 2. The second-order valence-corrected chi connectivity index (χ2v) is 9.30. The number of thiazole rings is 1. The van der Waals surface area contributed by atoms with Crippen LogP contribution < -0.4 is 10.1 Å². The van der Waals surface area contributed by atoms with E-state index in [1.807, 2.05) is 39.9 Å². The maximum atomic E-state index is 12.7. The van der Waals surface area contributed by atoms with Gasteiger partial charge in [-0.05, 0) is 48.1 Å². The third kappa shape index (κ3) is 3.85. The quantitative estimate of drug-likeness (QED) is 0.658. The number of nitrogens with zero attached hydrogens (tertiary/aromatic N) is 2. The number of piperidine rings is 1. The first-order chi connectivity index (χ1) is 14.7. The molecule has 1 aromatic carbocycles. The molecule has 0 atom stereocenters. The van der Waals surface area contributed by atoms with Crippen molar-refractivity contribution in [2.45, 2.75) is 19.3 Å². The van der Waals surface area contributed by atoms with Crippen LogP contribution in [0.3, 0.4) is 0 Å². The molecule has 3 aromatic rings. The lowest BCUT2D eigenvalue weighted by Gasteiger charge is -2.30. The van der Waals surface area contributed by atoms with Crippen LogP contribution in [-0.2, 0) is 11.2 Å². The van der Waals surface area contributed by atoms with Crippen LogP contribution in [-0.4, -0.2) is 41.4 Å². The molecule has 30 heavy (non-hydrogen) atoms. The third-order valence-electron chi connectivity index (χ3n) is 5.60. The van der Waals surface area contributed by atoms with Crippen molar-refractivity contribution in [2.75, 3.05) is 25.0 Å². The van der Waals surface area contributed by atoms with Gasteiger partial charge in [0.2, 0.25) is 5.91 Å². The number of benzene rings is 1. The van der Waals surface area contributed by atoms with Gasteiger partial charge in [0.05, 0.1) is 17.2 Å². The Hall–Kier alpha value is -2.71. The number of rotatable bonds is 4. The first-order valence-electron chi connectivity index (χ1n) is 10.0. The van der Waals surface area contributed by atoms with Gasteiger partial charge in [0.25, 0.3) is 5.91 Å². The van der Waals surface area contributed by atoms with Crippen LogP contribution in [0, 0.1) is 5.92 Å². The van der Waals surface area contributed by atoms with Gasteiger partial charge in [-0.3, -0.25) is 9.59 Å². The summed E-state index contributed by atoms with van der Waals surface area (Å²) < 4.78 is 5.56. The van der Waals surface area contributed by atoms with Crippen LogP contribution in [0.15, 0.2) is 41.1 Å². The predicted molar refractivity (Wildman–Crippen MR) is 118 cm³/mol. The Bertz CT molecular complexity index is 1070. The maximum absolute atomic E-state index is 12.7. The van der Waals surface area contributed by atoms with E-state index < -0.39 is 0 Å². The van der Waals surface area contributed by atoms with Gasteiger partial charge in [-0.1, -0.05) is 6.07 Å². The van der Waals surface area contributed by atoms with Gasteiger partial charge in [0.15, 0.2) is 5.13 Å². The van der Waals surface area contributed by atoms with Crippen LogP contribution in [0.1, 0.15) is 28.1 Å². The molecule has 0 saturated carbocycles. The summed E-state index contributed by atoms with van der Waals surface area (Å²) in [5, 5.41) is 7.46. The average Bonchev–Trinajstić information content (AvgIpc) is 3.54. The summed E-state index contributed by atoms with van der Waals surface area (Å²) in [7, 11) is 0. The van der Waals surface area contributed by atoms with E-state index in [9.17, 15) is 9.59 Å². The predicted octanol–water partition coefficient (Wildman–Crippen LogP) is 4.30. The monoisotopic (exact) mass is 439 g/mol. The molecule has 1 N–H and O–H groups in total. The third-order valence-corrected chi connectivity index (χ3v) is 7.22. The molecule has 2 aliphatic heterocycles. The van der Waals surface area contributed by atoms with Crippen LogP contribution in [0.5, 0.6) is 5.75 Å². The van der Waals surface area contributed by atoms with Gasteiger partial charge in [-0.2, -0.15) is 0 Å². The first-order valence-corrected chi connectivity index (χ1v) is 11.8. The normalized spacial score (nSPS) is 16.2. The van der Waals surface area contributed by atoms with E-state index in [0.29, 0.717) is 31.1 Å². The number of carbonyl (C=O) groups is 2. The number of likely N-dealkylation sites (tertiary alicyclic amines) is 1. The molecule has 8 heteroatoms. The zero-order valence-electron chi connectivity index (χ0n) is 16.3.